The molecule has 1 atom stereocenters. The Morgan fingerprint density at radius 1 is 1.38 bits per heavy atom. The summed E-state index contributed by atoms with van der Waals surface area (Å²) in [6, 6.07) is 4.86. The number of hydrogen-bond donors (Lipinski definition) is 2. The molecule has 1 unspecified atom stereocenters. The fourth-order valence-electron chi connectivity index (χ4n) is 4.06. The van der Waals surface area contributed by atoms with Crippen LogP contribution in [0.3, 0.4) is 0 Å². The molecule has 0 spiro atoms. The first-order valence-corrected chi connectivity index (χ1v) is 10.7. The molecular weight excluding hydrogens is 413 g/mol. The van der Waals surface area contributed by atoms with Gasteiger partial charge in [-0.15, -0.1) is 0 Å². The molecule has 3 heterocycles. The summed E-state index contributed by atoms with van der Waals surface area (Å²) < 4.78 is 25.9. The number of carbonyl (C=O) groups is 1. The van der Waals surface area contributed by atoms with Crippen molar-refractivity contribution in [2.45, 2.75) is 39.7 Å². The quantitative estimate of drug-likeness (QED) is 0.546. The molecule has 2 aromatic rings. The Morgan fingerprint density at radius 3 is 2.81 bits per heavy atom. The van der Waals surface area contributed by atoms with Gasteiger partial charge in [0.15, 0.2) is 11.7 Å². The number of nitrogens with two attached hydrogens (primary N) is 1. The highest BCUT2D eigenvalue weighted by Gasteiger charge is 2.26. The number of rotatable bonds is 5. The van der Waals surface area contributed by atoms with Crippen LogP contribution in [-0.2, 0) is 9.53 Å². The van der Waals surface area contributed by atoms with Crippen molar-refractivity contribution in [3.63, 3.8) is 0 Å². The Morgan fingerprint density at radius 2 is 2.19 bits per heavy atom. The van der Waals surface area contributed by atoms with Crippen molar-refractivity contribution in [3.05, 3.63) is 46.9 Å². The van der Waals surface area contributed by atoms with E-state index in [9.17, 15) is 9.18 Å². The van der Waals surface area contributed by atoms with Gasteiger partial charge in [-0.3, -0.25) is 4.79 Å². The number of nitrogens with one attached hydrogen (secondary N) is 1. The maximum absolute atomic E-state index is 14.9. The second-order valence-corrected chi connectivity index (χ2v) is 8.16. The number of aliphatic imine (C=N–C) groups is 1. The van der Waals surface area contributed by atoms with E-state index in [0.29, 0.717) is 61.2 Å². The zero-order chi connectivity index (χ0) is 22.8. The molecule has 1 saturated heterocycles. The molecule has 170 valence electrons. The summed E-state index contributed by atoms with van der Waals surface area (Å²) >= 11 is 0. The van der Waals surface area contributed by atoms with Crippen molar-refractivity contribution in [3.8, 4) is 11.3 Å². The average Bonchev–Trinajstić information content (AvgIpc) is 3.38. The monoisotopic (exact) mass is 441 g/mol. The van der Waals surface area contributed by atoms with Crippen molar-refractivity contribution in [2.24, 2.45) is 10.7 Å². The van der Waals surface area contributed by atoms with Crippen LogP contribution in [0, 0.1) is 19.7 Å². The van der Waals surface area contributed by atoms with Crippen molar-refractivity contribution >= 4 is 17.4 Å². The molecule has 3 N–H and O–H groups in total. The minimum absolute atomic E-state index is 0.0354. The molecule has 0 radical (unpaired) electrons. The molecule has 1 aromatic carbocycles. The van der Waals surface area contributed by atoms with Crippen LogP contribution >= 0.6 is 0 Å². The van der Waals surface area contributed by atoms with Crippen LogP contribution in [0.15, 0.2) is 38.9 Å². The Labute approximate surface area is 186 Å². The van der Waals surface area contributed by atoms with E-state index in [-0.39, 0.29) is 23.5 Å². The van der Waals surface area contributed by atoms with Crippen molar-refractivity contribution in [1.82, 2.24) is 15.2 Å². The highest BCUT2D eigenvalue weighted by Crippen LogP contribution is 2.29. The fraction of sp³-hybridized carbons (Fsp3) is 0.435. The summed E-state index contributed by atoms with van der Waals surface area (Å²) in [5.74, 6) is 0.693. The molecule has 1 fully saturated rings. The van der Waals surface area contributed by atoms with E-state index in [1.807, 2.05) is 6.92 Å². The van der Waals surface area contributed by atoms with Gasteiger partial charge in [0.25, 0.3) is 0 Å². The largest absolute Gasteiger partial charge is 0.441 e. The molecular formula is C23H28FN5O3. The maximum Gasteiger partial charge on any atom is 0.219 e. The van der Waals surface area contributed by atoms with E-state index in [0.717, 1.165) is 12.1 Å². The number of hydrogen-bond acceptors (Lipinski definition) is 6. The zero-order valence-electron chi connectivity index (χ0n) is 18.6. The normalized spacial score (nSPS) is 19.6. The van der Waals surface area contributed by atoms with Gasteiger partial charge in [0.1, 0.15) is 17.3 Å². The average molecular weight is 442 g/mol. The van der Waals surface area contributed by atoms with Crippen LogP contribution in [0.25, 0.3) is 11.3 Å². The molecule has 0 bridgehead atoms. The Hall–Kier alpha value is -3.20. The number of aryl methyl sites for hydroxylation is 2. The van der Waals surface area contributed by atoms with Gasteiger partial charge >= 0.3 is 0 Å². The van der Waals surface area contributed by atoms with Gasteiger partial charge in [-0.2, -0.15) is 0 Å². The number of benzene rings is 1. The van der Waals surface area contributed by atoms with E-state index in [2.05, 4.69) is 15.3 Å². The van der Waals surface area contributed by atoms with Gasteiger partial charge in [0.2, 0.25) is 5.91 Å². The number of amidine groups is 1. The smallest absolute Gasteiger partial charge is 0.219 e. The van der Waals surface area contributed by atoms with E-state index in [1.54, 1.807) is 24.0 Å². The van der Waals surface area contributed by atoms with Crippen molar-refractivity contribution in [1.29, 1.82) is 0 Å². The molecule has 1 amide bonds. The Kier molecular flexibility index (Phi) is 6.27. The number of nitrogens with zero attached hydrogens (tertiary/aromatic N) is 3. The summed E-state index contributed by atoms with van der Waals surface area (Å²) in [6.07, 6.45) is 1.54. The van der Waals surface area contributed by atoms with Crippen LogP contribution < -0.4 is 11.1 Å². The number of carbonyl (C=O) groups excluding carboxylic acids is 1. The lowest BCUT2D eigenvalue weighted by Gasteiger charge is -2.31. The summed E-state index contributed by atoms with van der Waals surface area (Å²) in [4.78, 5) is 22.3. The summed E-state index contributed by atoms with van der Waals surface area (Å²) in [6.45, 7) is 7.36. The lowest BCUT2D eigenvalue weighted by Crippen LogP contribution is -2.43. The van der Waals surface area contributed by atoms with E-state index in [4.69, 9.17) is 14.9 Å². The molecule has 9 heteroatoms. The van der Waals surface area contributed by atoms with E-state index < -0.39 is 5.82 Å². The first-order chi connectivity index (χ1) is 15.3. The first kappa shape index (κ1) is 22.0. The summed E-state index contributed by atoms with van der Waals surface area (Å²) in [5.41, 5.74) is 9.39. The van der Waals surface area contributed by atoms with E-state index >= 15 is 0 Å². The predicted octanol–water partition coefficient (Wildman–Crippen LogP) is 2.97. The topological polar surface area (TPSA) is 106 Å². The molecule has 0 saturated carbocycles. The Bertz CT molecular complexity index is 1090. The van der Waals surface area contributed by atoms with Gasteiger partial charge in [0.05, 0.1) is 24.9 Å². The molecule has 2 aliphatic heterocycles. The summed E-state index contributed by atoms with van der Waals surface area (Å²) in [7, 11) is 0. The van der Waals surface area contributed by atoms with Crippen molar-refractivity contribution in [2.75, 3.05) is 26.3 Å². The molecule has 4 rings (SSSR count). The number of aromatic nitrogens is 1. The molecule has 32 heavy (non-hydrogen) atoms. The predicted molar refractivity (Wildman–Crippen MR) is 119 cm³/mol. The number of halogens is 1. The maximum atomic E-state index is 14.9. The van der Waals surface area contributed by atoms with Crippen LogP contribution in [0.4, 0.5) is 10.1 Å². The fourth-order valence-corrected chi connectivity index (χ4v) is 4.06. The molecule has 8 nitrogen and oxygen atoms in total. The second kappa shape index (κ2) is 9.12. The highest BCUT2D eigenvalue weighted by atomic mass is 19.1. The minimum atomic E-state index is -0.516. The molecule has 0 aliphatic carbocycles. The third-order valence-corrected chi connectivity index (χ3v) is 5.76. The van der Waals surface area contributed by atoms with Crippen LogP contribution in [-0.4, -0.2) is 54.0 Å². The van der Waals surface area contributed by atoms with Crippen molar-refractivity contribution < 1.29 is 18.3 Å². The molecule has 2 aliphatic rings. The lowest BCUT2D eigenvalue weighted by molar-refractivity contribution is -0.128. The standard InChI is InChI=1S/C23H28FN5O3/c1-13-22(32-14(2)26-13)16-4-5-21(19(24)10-16)28-23(25)18-11-29(15(3)30)8-6-20(18)27-17-7-9-31-12-17/h4-5,10,17,27H,6-9,11-12H2,1-3H3,(H2,25,28). The van der Waals surface area contributed by atoms with Crippen LogP contribution in [0.1, 0.15) is 31.4 Å². The SMILES string of the molecule is CC(=O)N1CCC(NC2CCOC2)=C(C(N)=Nc2ccc(-c3oc(C)nc3C)cc2F)C1. The third-order valence-electron chi connectivity index (χ3n) is 5.76. The lowest BCUT2D eigenvalue weighted by atomic mass is 10.0. The number of oxazole rings is 1. The van der Waals surface area contributed by atoms with Gasteiger partial charge in [-0.05, 0) is 31.5 Å². The van der Waals surface area contributed by atoms with Crippen LogP contribution in [0.5, 0.6) is 0 Å². The summed E-state index contributed by atoms with van der Waals surface area (Å²) in [5, 5.41) is 3.49. The Balaban J connectivity index is 1.64. The van der Waals surface area contributed by atoms with Gasteiger partial charge in [-0.25, -0.2) is 14.4 Å². The first-order valence-electron chi connectivity index (χ1n) is 10.7. The zero-order valence-corrected chi connectivity index (χ0v) is 18.6. The second-order valence-electron chi connectivity index (χ2n) is 8.16. The third kappa shape index (κ3) is 4.67. The number of amides is 1. The number of ether oxygens (including phenoxy) is 1. The van der Waals surface area contributed by atoms with Gasteiger partial charge < -0.3 is 25.1 Å². The molecule has 1 aromatic heterocycles. The van der Waals surface area contributed by atoms with Gasteiger partial charge in [0, 0.05) is 50.3 Å². The van der Waals surface area contributed by atoms with Gasteiger partial charge in [-0.1, -0.05) is 0 Å². The van der Waals surface area contributed by atoms with E-state index in [1.165, 1.54) is 13.0 Å². The highest BCUT2D eigenvalue weighted by molar-refractivity contribution is 6.00. The minimum Gasteiger partial charge on any atom is -0.441 e. The van der Waals surface area contributed by atoms with Crippen LogP contribution in [0.2, 0.25) is 0 Å².